The van der Waals surface area contributed by atoms with Crippen LogP contribution in [0.1, 0.15) is 54.4 Å². The molecule has 3 rings (SSSR count). The Hall–Kier alpha value is -1.91. The van der Waals surface area contributed by atoms with Crippen LogP contribution in [0.2, 0.25) is 0 Å². The summed E-state index contributed by atoms with van der Waals surface area (Å²) >= 11 is 0. The molecular formula is C15H20N4O. The van der Waals surface area contributed by atoms with Gasteiger partial charge in [0.05, 0.1) is 6.54 Å². The van der Waals surface area contributed by atoms with Crippen molar-refractivity contribution in [1.82, 2.24) is 19.3 Å². The van der Waals surface area contributed by atoms with Crippen LogP contribution in [0.5, 0.6) is 0 Å². The second-order valence-corrected chi connectivity index (χ2v) is 5.40. The van der Waals surface area contributed by atoms with Crippen LogP contribution < -0.4 is 0 Å². The molecule has 0 saturated heterocycles. The van der Waals surface area contributed by atoms with Crippen molar-refractivity contribution in [2.45, 2.75) is 52.1 Å². The van der Waals surface area contributed by atoms with Crippen molar-refractivity contribution < 1.29 is 4.79 Å². The van der Waals surface area contributed by atoms with Gasteiger partial charge in [0.25, 0.3) is 0 Å². The highest BCUT2D eigenvalue weighted by molar-refractivity contribution is 5.97. The van der Waals surface area contributed by atoms with Crippen LogP contribution in [-0.2, 0) is 19.5 Å². The lowest BCUT2D eigenvalue weighted by Crippen LogP contribution is -2.09. The van der Waals surface area contributed by atoms with Crippen LogP contribution in [-0.4, -0.2) is 25.1 Å². The zero-order valence-electron chi connectivity index (χ0n) is 11.9. The number of nitrogens with zero attached hydrogens (tertiary/aromatic N) is 4. The van der Waals surface area contributed by atoms with Gasteiger partial charge < -0.3 is 4.57 Å². The Morgan fingerprint density at radius 2 is 2.10 bits per heavy atom. The number of hydrogen-bond donors (Lipinski definition) is 0. The fraction of sp³-hybridized carbons (Fsp3) is 0.533. The highest BCUT2D eigenvalue weighted by Crippen LogP contribution is 2.21. The van der Waals surface area contributed by atoms with E-state index in [0.29, 0.717) is 13.0 Å². The number of ketones is 1. The summed E-state index contributed by atoms with van der Waals surface area (Å²) in [7, 11) is 0. The second kappa shape index (κ2) is 5.61. The van der Waals surface area contributed by atoms with Crippen LogP contribution in [0.3, 0.4) is 0 Å². The molecule has 106 valence electrons. The topological polar surface area (TPSA) is 52.7 Å². The zero-order valence-corrected chi connectivity index (χ0v) is 11.9. The summed E-state index contributed by atoms with van der Waals surface area (Å²) in [4.78, 5) is 16.4. The second-order valence-electron chi connectivity index (χ2n) is 5.40. The maximum Gasteiger partial charge on any atom is 0.164 e. The van der Waals surface area contributed by atoms with Crippen molar-refractivity contribution in [2.75, 3.05) is 0 Å². The highest BCUT2D eigenvalue weighted by atomic mass is 16.1. The van der Waals surface area contributed by atoms with Gasteiger partial charge in [-0.15, -0.1) is 0 Å². The van der Waals surface area contributed by atoms with Gasteiger partial charge >= 0.3 is 0 Å². The van der Waals surface area contributed by atoms with Gasteiger partial charge in [0.15, 0.2) is 5.78 Å². The van der Waals surface area contributed by atoms with E-state index < -0.39 is 0 Å². The Morgan fingerprint density at radius 1 is 1.25 bits per heavy atom. The van der Waals surface area contributed by atoms with Crippen molar-refractivity contribution in [3.05, 3.63) is 35.7 Å². The monoisotopic (exact) mass is 272 g/mol. The largest absolute Gasteiger partial charge is 0.346 e. The molecule has 2 aromatic rings. The van der Waals surface area contributed by atoms with E-state index in [9.17, 15) is 4.79 Å². The summed E-state index contributed by atoms with van der Waals surface area (Å²) in [5.74, 6) is 1.23. The predicted molar refractivity (Wildman–Crippen MR) is 75.7 cm³/mol. The van der Waals surface area contributed by atoms with E-state index in [-0.39, 0.29) is 5.78 Å². The van der Waals surface area contributed by atoms with Crippen molar-refractivity contribution in [2.24, 2.45) is 0 Å². The first-order chi connectivity index (χ1) is 9.78. The maximum atomic E-state index is 12.0. The number of aryl methyl sites for hydroxylation is 2. The fourth-order valence-corrected chi connectivity index (χ4v) is 2.81. The van der Waals surface area contributed by atoms with Gasteiger partial charge in [-0.2, -0.15) is 5.10 Å². The third kappa shape index (κ3) is 2.53. The molecule has 2 heterocycles. The lowest BCUT2D eigenvalue weighted by atomic mass is 10.1. The highest BCUT2D eigenvalue weighted by Gasteiger charge is 2.18. The smallest absolute Gasteiger partial charge is 0.164 e. The average Bonchev–Trinajstić information content (AvgIpc) is 2.99. The molecular weight excluding hydrogens is 252 g/mol. The lowest BCUT2D eigenvalue weighted by Gasteiger charge is -2.05. The van der Waals surface area contributed by atoms with Crippen molar-refractivity contribution >= 4 is 5.78 Å². The average molecular weight is 272 g/mol. The molecule has 0 aromatic carbocycles. The molecule has 0 saturated carbocycles. The van der Waals surface area contributed by atoms with Crippen LogP contribution >= 0.6 is 0 Å². The van der Waals surface area contributed by atoms with E-state index in [1.807, 2.05) is 10.9 Å². The normalized spacial score (nSPS) is 15.2. The molecule has 0 radical (unpaired) electrons. The summed E-state index contributed by atoms with van der Waals surface area (Å²) in [6, 6.07) is 0. The van der Waals surface area contributed by atoms with Gasteiger partial charge in [0.2, 0.25) is 0 Å². The molecule has 0 spiro atoms. The molecule has 5 heteroatoms. The number of carbonyl (C=O) groups is 1. The molecule has 0 bridgehead atoms. The lowest BCUT2D eigenvalue weighted by molar-refractivity contribution is 0.0982. The molecule has 0 amide bonds. The maximum absolute atomic E-state index is 12.0. The minimum Gasteiger partial charge on any atom is -0.346 e. The van der Waals surface area contributed by atoms with Crippen LogP contribution in [0.4, 0.5) is 0 Å². The standard InChI is InChI=1S/C15H20N4O/c1-2-7-19-15(16-11-17-19)10-18-8-12-5-3-4-6-14(20)13(12)9-18/h8-9,11H,2-7,10H2,1H3. The van der Waals surface area contributed by atoms with E-state index in [2.05, 4.69) is 27.8 Å². The minimum absolute atomic E-state index is 0.284. The minimum atomic E-state index is 0.284. The SMILES string of the molecule is CCCn1ncnc1Cn1cc2c(c1)C(=O)CCCC2. The molecule has 1 aliphatic rings. The molecule has 2 aromatic heterocycles. The van der Waals surface area contributed by atoms with E-state index in [4.69, 9.17) is 0 Å². The molecule has 0 unspecified atom stereocenters. The van der Waals surface area contributed by atoms with Crippen LogP contribution in [0.15, 0.2) is 18.7 Å². The molecule has 5 nitrogen and oxygen atoms in total. The Labute approximate surface area is 118 Å². The zero-order chi connectivity index (χ0) is 13.9. The van der Waals surface area contributed by atoms with Gasteiger partial charge in [-0.1, -0.05) is 6.92 Å². The molecule has 0 aliphatic heterocycles. The third-order valence-electron chi connectivity index (χ3n) is 3.82. The molecule has 0 fully saturated rings. The Morgan fingerprint density at radius 3 is 2.95 bits per heavy atom. The Kier molecular flexibility index (Phi) is 3.67. The third-order valence-corrected chi connectivity index (χ3v) is 3.82. The van der Waals surface area contributed by atoms with Gasteiger partial charge in [-0.05, 0) is 31.2 Å². The van der Waals surface area contributed by atoms with Gasteiger partial charge in [0, 0.05) is 30.9 Å². The van der Waals surface area contributed by atoms with Gasteiger partial charge in [-0.3, -0.25) is 4.79 Å². The quantitative estimate of drug-likeness (QED) is 0.803. The van der Waals surface area contributed by atoms with Crippen molar-refractivity contribution in [3.8, 4) is 0 Å². The number of aromatic nitrogens is 4. The fourth-order valence-electron chi connectivity index (χ4n) is 2.81. The van der Waals surface area contributed by atoms with E-state index in [0.717, 1.165) is 43.6 Å². The predicted octanol–water partition coefficient (Wildman–Crippen LogP) is 2.45. The molecule has 20 heavy (non-hydrogen) atoms. The van der Waals surface area contributed by atoms with E-state index >= 15 is 0 Å². The number of carbonyl (C=O) groups excluding carboxylic acids is 1. The van der Waals surface area contributed by atoms with Gasteiger partial charge in [-0.25, -0.2) is 9.67 Å². The molecule has 1 aliphatic carbocycles. The molecule has 0 atom stereocenters. The summed E-state index contributed by atoms with van der Waals surface area (Å²) in [6.45, 7) is 3.69. The summed E-state index contributed by atoms with van der Waals surface area (Å²) in [5.41, 5.74) is 2.10. The van der Waals surface area contributed by atoms with E-state index in [1.54, 1.807) is 6.33 Å². The number of hydrogen-bond acceptors (Lipinski definition) is 3. The van der Waals surface area contributed by atoms with Crippen molar-refractivity contribution in [3.63, 3.8) is 0 Å². The number of rotatable bonds is 4. The first kappa shape index (κ1) is 13.1. The summed E-state index contributed by atoms with van der Waals surface area (Å²) < 4.78 is 4.01. The van der Waals surface area contributed by atoms with Crippen molar-refractivity contribution in [1.29, 1.82) is 0 Å². The van der Waals surface area contributed by atoms with E-state index in [1.165, 1.54) is 5.56 Å². The number of Topliss-reactive ketones (excluding diaryl/α,β-unsaturated/α-hetero) is 1. The first-order valence-electron chi connectivity index (χ1n) is 7.36. The first-order valence-corrected chi connectivity index (χ1v) is 7.36. The van der Waals surface area contributed by atoms with Gasteiger partial charge in [0.1, 0.15) is 12.2 Å². The summed E-state index contributed by atoms with van der Waals surface area (Å²) in [5, 5.41) is 4.24. The van der Waals surface area contributed by atoms with Crippen LogP contribution in [0, 0.1) is 0 Å². The Bertz CT molecular complexity index is 611. The Balaban J connectivity index is 1.83. The number of fused-ring (bicyclic) bond motifs is 1. The molecule has 0 N–H and O–H groups in total. The summed E-state index contributed by atoms with van der Waals surface area (Å²) in [6.07, 6.45) is 10.5. The van der Waals surface area contributed by atoms with Crippen LogP contribution in [0.25, 0.3) is 0 Å².